The summed E-state index contributed by atoms with van der Waals surface area (Å²) in [6.07, 6.45) is 3.67. The van der Waals surface area contributed by atoms with Crippen LogP contribution < -0.4 is 36.5 Å². The molecule has 4 atom stereocenters. The average Bonchev–Trinajstić information content (AvgIpc) is 3.92. The number of halogens is 1. The molecule has 2 aromatic heterocycles. The summed E-state index contributed by atoms with van der Waals surface area (Å²) in [4.78, 5) is 67.1. The maximum atomic E-state index is 14.2. The number of aromatic amines is 1. The second-order valence-corrected chi connectivity index (χ2v) is 18.9. The van der Waals surface area contributed by atoms with Gasteiger partial charge < -0.3 is 36.7 Å². The molecule has 0 bridgehead atoms. The lowest BCUT2D eigenvalue weighted by Gasteiger charge is -2.27. The Labute approximate surface area is 379 Å². The zero-order valence-corrected chi connectivity index (χ0v) is 39.4. The summed E-state index contributed by atoms with van der Waals surface area (Å²) in [6.45, 7) is 10.5. The number of nitrogens with zero attached hydrogens (tertiary/aromatic N) is 2. The fraction of sp³-hybridized carbons (Fsp3) is 0.364. The van der Waals surface area contributed by atoms with Crippen LogP contribution in [0.25, 0.3) is 10.9 Å². The average molecular weight is 965 g/mol. The minimum atomic E-state index is -4.11. The third-order valence-corrected chi connectivity index (χ3v) is 13.6. The summed E-state index contributed by atoms with van der Waals surface area (Å²) < 4.78 is 35.3. The van der Waals surface area contributed by atoms with Crippen molar-refractivity contribution in [3.8, 4) is 5.75 Å². The van der Waals surface area contributed by atoms with Gasteiger partial charge in [0.15, 0.2) is 5.01 Å². The number of methoxy groups -OCH3 is 1. The van der Waals surface area contributed by atoms with Gasteiger partial charge in [-0.2, -0.15) is 0 Å². The summed E-state index contributed by atoms with van der Waals surface area (Å²) in [5.41, 5.74) is 10.2. The number of aliphatic imine (C=N–C) groups is 1. The van der Waals surface area contributed by atoms with Gasteiger partial charge >= 0.3 is 6.03 Å². The van der Waals surface area contributed by atoms with Crippen molar-refractivity contribution in [1.82, 2.24) is 36.0 Å². The fourth-order valence-corrected chi connectivity index (χ4v) is 9.51. The minimum absolute atomic E-state index is 0.0134. The molecule has 0 aliphatic heterocycles. The minimum Gasteiger partial charge on any atom is -0.496 e. The highest BCUT2D eigenvalue weighted by Gasteiger charge is 2.33. The number of aryl methyl sites for hydroxylation is 1. The molecule has 5 rings (SSSR count). The van der Waals surface area contributed by atoms with Gasteiger partial charge in [-0.05, 0) is 98.5 Å². The van der Waals surface area contributed by atoms with Gasteiger partial charge in [0, 0.05) is 46.1 Å². The molecule has 8 N–H and O–H groups in total. The van der Waals surface area contributed by atoms with Crippen molar-refractivity contribution in [3.63, 3.8) is 0 Å². The number of ketones is 1. The number of aromatic nitrogens is 2. The highest BCUT2D eigenvalue weighted by molar-refractivity contribution is 9.10. The number of para-hydroxylation sites is 1. The van der Waals surface area contributed by atoms with Crippen LogP contribution in [0.15, 0.2) is 86.7 Å². The van der Waals surface area contributed by atoms with Gasteiger partial charge in [0.25, 0.3) is 10.0 Å². The molecule has 5 aromatic rings. The Kier molecular flexibility index (Phi) is 16.5. The van der Waals surface area contributed by atoms with Crippen LogP contribution in [0.2, 0.25) is 0 Å². The Morgan fingerprint density at radius 3 is 2.32 bits per heavy atom. The first kappa shape index (κ1) is 48.2. The lowest BCUT2D eigenvalue weighted by molar-refractivity contribution is -0.131. The molecule has 0 aliphatic rings. The number of thiazole rings is 1. The van der Waals surface area contributed by atoms with E-state index < -0.39 is 57.7 Å². The number of Topliss-reactive ketones (excluding diaryl/α,β-unsaturated/α-hetero) is 1. The number of H-pyrrole nitrogens is 1. The highest BCUT2D eigenvalue weighted by atomic mass is 79.9. The number of ether oxygens (including phenoxy) is 1. The van der Waals surface area contributed by atoms with Gasteiger partial charge in [0.2, 0.25) is 23.6 Å². The number of fused-ring (bicyclic) bond motifs is 1. The summed E-state index contributed by atoms with van der Waals surface area (Å²) >= 11 is 4.54. The van der Waals surface area contributed by atoms with Crippen LogP contribution in [-0.4, -0.2) is 79.8 Å². The number of carbonyl (C=O) groups excluding carboxylic acids is 4. The molecule has 0 aliphatic carbocycles. The van der Waals surface area contributed by atoms with Crippen LogP contribution in [0.5, 0.6) is 5.75 Å². The maximum Gasteiger partial charge on any atom is 0.315 e. The molecule has 0 unspecified atom stereocenters. The van der Waals surface area contributed by atoms with Gasteiger partial charge in [-0.3, -0.25) is 19.4 Å². The second-order valence-electron chi connectivity index (χ2n) is 15.5. The molecule has 336 valence electrons. The molecule has 0 saturated heterocycles. The van der Waals surface area contributed by atoms with E-state index in [1.807, 2.05) is 55.5 Å². The maximum absolute atomic E-state index is 14.2. The molecule has 3 aromatic carbocycles. The van der Waals surface area contributed by atoms with Gasteiger partial charge in [0.1, 0.15) is 17.8 Å². The van der Waals surface area contributed by atoms with Gasteiger partial charge in [-0.25, -0.2) is 22.9 Å². The molecule has 2 heterocycles. The van der Waals surface area contributed by atoms with Gasteiger partial charge in [-0.1, -0.05) is 60.1 Å². The molecule has 16 nitrogen and oxygen atoms in total. The van der Waals surface area contributed by atoms with Crippen molar-refractivity contribution in [2.24, 2.45) is 16.6 Å². The predicted molar refractivity (Wildman–Crippen MR) is 248 cm³/mol. The number of benzene rings is 3. The first-order valence-electron chi connectivity index (χ1n) is 20.3. The Bertz CT molecular complexity index is 2560. The van der Waals surface area contributed by atoms with Crippen molar-refractivity contribution in [3.05, 3.63) is 110 Å². The predicted octanol–water partition coefficient (Wildman–Crippen LogP) is 5.87. The Morgan fingerprint density at radius 2 is 1.65 bits per heavy atom. The molecule has 19 heteroatoms. The lowest BCUT2D eigenvalue weighted by atomic mass is 9.99. The molecule has 0 saturated carbocycles. The van der Waals surface area contributed by atoms with Crippen molar-refractivity contribution in [1.29, 1.82) is 0 Å². The Hall–Kier alpha value is -5.79. The molecule has 63 heavy (non-hydrogen) atoms. The number of urea groups is 1. The van der Waals surface area contributed by atoms with Crippen molar-refractivity contribution >= 4 is 77.8 Å². The van der Waals surface area contributed by atoms with E-state index >= 15 is 0 Å². The van der Waals surface area contributed by atoms with Crippen LogP contribution in [0, 0.1) is 26.7 Å². The molecule has 0 spiro atoms. The van der Waals surface area contributed by atoms with E-state index in [0.717, 1.165) is 37.8 Å². The third kappa shape index (κ3) is 12.4. The smallest absolute Gasteiger partial charge is 0.315 e. The number of hydrogen-bond acceptors (Lipinski definition) is 10. The summed E-state index contributed by atoms with van der Waals surface area (Å²) in [5, 5.41) is 14.1. The van der Waals surface area contributed by atoms with E-state index in [4.69, 9.17) is 10.5 Å². The van der Waals surface area contributed by atoms with Crippen LogP contribution >= 0.6 is 27.3 Å². The normalized spacial score (nSPS) is 13.8. The molecule has 0 radical (unpaired) electrons. The molecule has 0 fully saturated rings. The van der Waals surface area contributed by atoms with E-state index in [-0.39, 0.29) is 47.7 Å². The zero-order chi connectivity index (χ0) is 46.0. The van der Waals surface area contributed by atoms with E-state index in [1.165, 1.54) is 13.3 Å². The number of amides is 4. The van der Waals surface area contributed by atoms with E-state index in [1.54, 1.807) is 52.3 Å². The number of carbonyl (C=O) groups is 4. The van der Waals surface area contributed by atoms with Gasteiger partial charge in [-0.15, -0.1) is 11.3 Å². The SMILES string of the molecule is COc1cc(C)c(S(=O)(=O)NC(N)=NCCC[C@H](NC(=O)[C@@H](NC(=O)[C@H](Cc2c[nH]c3ccccc23)NC(=O)N[C@H](C)c2ccc(Br)cc2)C(C)C)C(=O)c2nccs2)c(C)c1C. The zero-order valence-electron chi connectivity index (χ0n) is 36.2. The first-order valence-corrected chi connectivity index (χ1v) is 23.4. The van der Waals surface area contributed by atoms with Crippen LogP contribution in [0.3, 0.4) is 0 Å². The largest absolute Gasteiger partial charge is 0.496 e. The number of nitrogens with two attached hydrogens (primary N) is 1. The topological polar surface area (TPSA) is 239 Å². The quantitative estimate of drug-likeness (QED) is 0.0226. The number of guanidine groups is 1. The number of sulfonamides is 1. The molecular weight excluding hydrogens is 911 g/mol. The van der Waals surface area contributed by atoms with Crippen LogP contribution in [-0.2, 0) is 26.0 Å². The standard InChI is InChI=1S/C44H54BrN9O7S2/c1-24(2)37(53-40(56)35(22-30-23-49-33-12-9-8-11-32(30)33)52-44(58)50-28(6)29-14-16-31(45)17-15-29)41(57)51-34(38(55)42-47-19-20-62-42)13-10-18-48-43(46)54-63(59,60)39-25(3)21-36(61-7)26(4)27(39)5/h8-9,11-12,14-17,19-21,23-24,28,34-35,37,49H,10,13,18,22H2,1-7H3,(H,51,57)(H,53,56)(H3,46,48,54)(H2,50,52,58)/t28-,34+,35+,37+/m1/s1. The van der Waals surface area contributed by atoms with Crippen molar-refractivity contribution < 1.29 is 32.3 Å². The monoisotopic (exact) mass is 963 g/mol. The van der Waals surface area contributed by atoms with Crippen molar-refractivity contribution in [2.75, 3.05) is 13.7 Å². The highest BCUT2D eigenvalue weighted by Crippen LogP contribution is 2.30. The summed E-state index contributed by atoms with van der Waals surface area (Å²) in [7, 11) is -2.60. The van der Waals surface area contributed by atoms with Gasteiger partial charge in [0.05, 0.1) is 24.1 Å². The van der Waals surface area contributed by atoms with E-state index in [0.29, 0.717) is 22.4 Å². The van der Waals surface area contributed by atoms with E-state index in [9.17, 15) is 27.6 Å². The third-order valence-electron chi connectivity index (χ3n) is 10.6. The summed E-state index contributed by atoms with van der Waals surface area (Å²) in [5.74, 6) is -1.89. The number of hydrogen-bond donors (Lipinski definition) is 7. The molecule has 4 amide bonds. The number of nitrogens with one attached hydrogen (secondary N) is 6. The summed E-state index contributed by atoms with van der Waals surface area (Å²) in [6, 6.07) is 12.5. The Morgan fingerprint density at radius 1 is 0.937 bits per heavy atom. The molecular formula is C44H54BrN9O7S2. The number of rotatable bonds is 19. The first-order chi connectivity index (χ1) is 29.9. The van der Waals surface area contributed by atoms with E-state index in [2.05, 4.69) is 56.9 Å². The second kappa shape index (κ2) is 21.5. The van der Waals surface area contributed by atoms with Crippen LogP contribution in [0.4, 0.5) is 4.79 Å². The lowest BCUT2D eigenvalue weighted by Crippen LogP contribution is -2.58. The van der Waals surface area contributed by atoms with Crippen LogP contribution in [0.1, 0.15) is 77.3 Å². The fourth-order valence-electron chi connectivity index (χ4n) is 7.14. The Balaban J connectivity index is 1.29. The van der Waals surface area contributed by atoms with Crippen molar-refractivity contribution in [2.45, 2.75) is 89.9 Å².